The van der Waals surface area contributed by atoms with Crippen LogP contribution in [0.3, 0.4) is 0 Å². The lowest BCUT2D eigenvalue weighted by Gasteiger charge is -2.10. The number of para-hydroxylation sites is 1. The highest BCUT2D eigenvalue weighted by atomic mass is 32.2. The van der Waals surface area contributed by atoms with Crippen LogP contribution in [0.25, 0.3) is 10.9 Å². The summed E-state index contributed by atoms with van der Waals surface area (Å²) < 4.78 is 0. The smallest absolute Gasteiger partial charge is 0.0457 e. The quantitative estimate of drug-likeness (QED) is 0.648. The van der Waals surface area contributed by atoms with Gasteiger partial charge < -0.3 is 4.98 Å². The van der Waals surface area contributed by atoms with Gasteiger partial charge in [-0.15, -0.1) is 11.8 Å². The highest BCUT2D eigenvalue weighted by Crippen LogP contribution is 2.37. The molecule has 1 heterocycles. The van der Waals surface area contributed by atoms with Crippen molar-refractivity contribution in [3.05, 3.63) is 66.4 Å². The summed E-state index contributed by atoms with van der Waals surface area (Å²) in [5.41, 5.74) is 2.59. The minimum Gasteiger partial charge on any atom is -0.361 e. The van der Waals surface area contributed by atoms with Gasteiger partial charge in [0, 0.05) is 27.2 Å². The Morgan fingerprint density at radius 2 is 1.67 bits per heavy atom. The zero-order chi connectivity index (χ0) is 12.4. The van der Waals surface area contributed by atoms with Gasteiger partial charge in [0.2, 0.25) is 0 Å². The van der Waals surface area contributed by atoms with E-state index in [1.54, 1.807) is 0 Å². The van der Waals surface area contributed by atoms with Crippen LogP contribution in [0, 0.1) is 0 Å². The Kier molecular flexibility index (Phi) is 3.11. The summed E-state index contributed by atoms with van der Waals surface area (Å²) in [6.07, 6.45) is 2.13. The monoisotopic (exact) mass is 253 g/mol. The van der Waals surface area contributed by atoms with Crippen molar-refractivity contribution >= 4 is 22.7 Å². The van der Waals surface area contributed by atoms with Gasteiger partial charge in [0.05, 0.1) is 0 Å². The van der Waals surface area contributed by atoms with E-state index in [0.29, 0.717) is 5.25 Å². The molecule has 0 amide bonds. The van der Waals surface area contributed by atoms with E-state index in [9.17, 15) is 0 Å². The minimum atomic E-state index is 0.448. The molecule has 0 radical (unpaired) electrons. The molecule has 1 atom stereocenters. The number of H-pyrrole nitrogens is 1. The van der Waals surface area contributed by atoms with Crippen molar-refractivity contribution in [2.24, 2.45) is 0 Å². The predicted octanol–water partition coefficient (Wildman–Crippen LogP) is 5.02. The molecule has 0 aliphatic carbocycles. The van der Waals surface area contributed by atoms with Gasteiger partial charge in [-0.25, -0.2) is 0 Å². The fraction of sp³-hybridized carbons (Fsp3) is 0.125. The van der Waals surface area contributed by atoms with E-state index in [1.807, 2.05) is 11.8 Å². The molecule has 1 unspecified atom stereocenters. The summed E-state index contributed by atoms with van der Waals surface area (Å²) >= 11 is 1.90. The Morgan fingerprint density at radius 3 is 2.50 bits per heavy atom. The zero-order valence-electron chi connectivity index (χ0n) is 10.3. The van der Waals surface area contributed by atoms with E-state index in [-0.39, 0.29) is 0 Å². The molecular formula is C16H15NS. The second-order valence-corrected chi connectivity index (χ2v) is 5.78. The van der Waals surface area contributed by atoms with Crippen LogP contribution in [0.4, 0.5) is 0 Å². The number of hydrogen-bond donors (Lipinski definition) is 1. The van der Waals surface area contributed by atoms with E-state index in [4.69, 9.17) is 0 Å². The number of thioether (sulfide) groups is 1. The van der Waals surface area contributed by atoms with Crippen LogP contribution in [0.1, 0.15) is 17.7 Å². The molecule has 0 aliphatic rings. The fourth-order valence-corrected chi connectivity index (χ4v) is 3.24. The van der Waals surface area contributed by atoms with Crippen LogP contribution < -0.4 is 0 Å². The lowest BCUT2D eigenvalue weighted by Crippen LogP contribution is -1.86. The standard InChI is InChI=1S/C16H15NS/c1-12(18-13-7-3-2-4-8-13)15-11-17-16-10-6-5-9-14(15)16/h2-12,17H,1H3. The van der Waals surface area contributed by atoms with Gasteiger partial charge in [-0.1, -0.05) is 36.4 Å². The van der Waals surface area contributed by atoms with Crippen molar-refractivity contribution in [3.8, 4) is 0 Å². The summed E-state index contributed by atoms with van der Waals surface area (Å²) in [5.74, 6) is 0. The normalized spacial score (nSPS) is 12.7. The molecule has 1 aromatic heterocycles. The molecule has 0 spiro atoms. The third-order valence-corrected chi connectivity index (χ3v) is 4.27. The maximum absolute atomic E-state index is 3.34. The summed E-state index contributed by atoms with van der Waals surface area (Å²) in [6.45, 7) is 2.26. The highest BCUT2D eigenvalue weighted by molar-refractivity contribution is 7.99. The Balaban J connectivity index is 1.90. The first-order valence-corrected chi connectivity index (χ1v) is 7.00. The van der Waals surface area contributed by atoms with Crippen molar-refractivity contribution < 1.29 is 0 Å². The van der Waals surface area contributed by atoms with Crippen LogP contribution in [-0.2, 0) is 0 Å². The Hall–Kier alpha value is -1.67. The van der Waals surface area contributed by atoms with Gasteiger partial charge in [0.25, 0.3) is 0 Å². The molecule has 2 aromatic carbocycles. The molecule has 0 bridgehead atoms. The third kappa shape index (κ3) is 2.16. The zero-order valence-corrected chi connectivity index (χ0v) is 11.1. The Bertz CT molecular complexity index is 642. The van der Waals surface area contributed by atoms with Crippen molar-refractivity contribution in [3.63, 3.8) is 0 Å². The number of nitrogens with one attached hydrogen (secondary N) is 1. The van der Waals surface area contributed by atoms with E-state index < -0.39 is 0 Å². The first-order valence-electron chi connectivity index (χ1n) is 6.12. The molecule has 3 aromatic rings. The summed E-state index contributed by atoms with van der Waals surface area (Å²) in [7, 11) is 0. The lowest BCUT2D eigenvalue weighted by atomic mass is 10.1. The summed E-state index contributed by atoms with van der Waals surface area (Å²) in [6, 6.07) is 19.0. The van der Waals surface area contributed by atoms with E-state index in [0.717, 1.165) is 0 Å². The topological polar surface area (TPSA) is 15.8 Å². The number of benzene rings is 2. The molecule has 1 N–H and O–H groups in total. The first-order chi connectivity index (χ1) is 8.84. The van der Waals surface area contributed by atoms with Gasteiger partial charge >= 0.3 is 0 Å². The van der Waals surface area contributed by atoms with Crippen molar-refractivity contribution in [1.82, 2.24) is 4.98 Å². The maximum Gasteiger partial charge on any atom is 0.0457 e. The van der Waals surface area contributed by atoms with Gasteiger partial charge in [0.15, 0.2) is 0 Å². The minimum absolute atomic E-state index is 0.448. The molecule has 0 saturated heterocycles. The fourth-order valence-electron chi connectivity index (χ4n) is 2.20. The van der Waals surface area contributed by atoms with Crippen LogP contribution in [0.2, 0.25) is 0 Å². The largest absolute Gasteiger partial charge is 0.361 e. The number of hydrogen-bond acceptors (Lipinski definition) is 1. The highest BCUT2D eigenvalue weighted by Gasteiger charge is 2.11. The van der Waals surface area contributed by atoms with Crippen LogP contribution in [0.15, 0.2) is 65.7 Å². The molecule has 2 heteroatoms. The Morgan fingerprint density at radius 1 is 0.944 bits per heavy atom. The number of aromatic amines is 1. The third-order valence-electron chi connectivity index (χ3n) is 3.12. The van der Waals surface area contributed by atoms with Crippen LogP contribution in [0.5, 0.6) is 0 Å². The number of fused-ring (bicyclic) bond motifs is 1. The summed E-state index contributed by atoms with van der Waals surface area (Å²) in [5, 5.41) is 1.77. The lowest BCUT2D eigenvalue weighted by molar-refractivity contribution is 1.11. The average Bonchev–Trinajstić information content (AvgIpc) is 2.84. The summed E-state index contributed by atoms with van der Waals surface area (Å²) in [4.78, 5) is 4.66. The molecule has 0 aliphatic heterocycles. The van der Waals surface area contributed by atoms with Gasteiger partial charge in [0.1, 0.15) is 0 Å². The van der Waals surface area contributed by atoms with Gasteiger partial charge in [-0.05, 0) is 30.7 Å². The SMILES string of the molecule is CC(Sc1ccccc1)c1c[nH]c2ccccc12. The molecular weight excluding hydrogens is 238 g/mol. The van der Waals surface area contributed by atoms with Crippen molar-refractivity contribution in [2.75, 3.05) is 0 Å². The van der Waals surface area contributed by atoms with Gasteiger partial charge in [-0.3, -0.25) is 0 Å². The van der Waals surface area contributed by atoms with Crippen LogP contribution >= 0.6 is 11.8 Å². The molecule has 0 saturated carbocycles. The van der Waals surface area contributed by atoms with Gasteiger partial charge in [-0.2, -0.15) is 0 Å². The van der Waals surface area contributed by atoms with E-state index >= 15 is 0 Å². The number of rotatable bonds is 3. The molecule has 0 fully saturated rings. The van der Waals surface area contributed by atoms with E-state index in [1.165, 1.54) is 21.4 Å². The molecule has 90 valence electrons. The maximum atomic E-state index is 3.34. The second kappa shape index (κ2) is 4.91. The van der Waals surface area contributed by atoms with Crippen molar-refractivity contribution in [2.45, 2.75) is 17.1 Å². The van der Waals surface area contributed by atoms with Crippen molar-refractivity contribution in [1.29, 1.82) is 0 Å². The average molecular weight is 253 g/mol. The predicted molar refractivity (Wildman–Crippen MR) is 79.0 cm³/mol. The second-order valence-electron chi connectivity index (χ2n) is 4.36. The molecule has 3 rings (SSSR count). The van der Waals surface area contributed by atoms with E-state index in [2.05, 4.69) is 72.7 Å². The Labute approximate surface area is 111 Å². The molecule has 18 heavy (non-hydrogen) atoms. The van der Waals surface area contributed by atoms with Crippen LogP contribution in [-0.4, -0.2) is 4.98 Å². The first kappa shape index (κ1) is 11.4. The number of aromatic nitrogens is 1. The molecule has 1 nitrogen and oxygen atoms in total.